The van der Waals surface area contributed by atoms with Gasteiger partial charge in [-0.1, -0.05) is 11.6 Å². The molecule has 1 N–H and O–H groups in total. The van der Waals surface area contributed by atoms with Gasteiger partial charge in [-0.2, -0.15) is 0 Å². The van der Waals surface area contributed by atoms with Crippen molar-refractivity contribution in [1.29, 1.82) is 0 Å². The van der Waals surface area contributed by atoms with Gasteiger partial charge in [0.1, 0.15) is 5.75 Å². The van der Waals surface area contributed by atoms with Crippen LogP contribution in [0.2, 0.25) is 5.02 Å². The molecule has 0 unspecified atom stereocenters. The molecule has 0 aliphatic carbocycles. The second-order valence-corrected chi connectivity index (χ2v) is 6.78. The summed E-state index contributed by atoms with van der Waals surface area (Å²) >= 11 is 5.92. The lowest BCUT2D eigenvalue weighted by Crippen LogP contribution is -2.29. The maximum atomic E-state index is 12.1. The molecule has 0 atom stereocenters. The van der Waals surface area contributed by atoms with E-state index in [2.05, 4.69) is 22.3 Å². The summed E-state index contributed by atoms with van der Waals surface area (Å²) in [6, 6.07) is 13.3. The molecule has 3 rings (SSSR count). The van der Waals surface area contributed by atoms with Crippen LogP contribution in [0.25, 0.3) is 0 Å². The van der Waals surface area contributed by atoms with E-state index in [1.54, 1.807) is 12.1 Å². The van der Waals surface area contributed by atoms with E-state index in [1.807, 2.05) is 25.1 Å². The highest BCUT2D eigenvalue weighted by Crippen LogP contribution is 2.23. The van der Waals surface area contributed by atoms with E-state index < -0.39 is 0 Å². The minimum absolute atomic E-state index is 0.0314. The molecule has 1 amide bonds. The van der Waals surface area contributed by atoms with E-state index in [1.165, 1.54) is 24.9 Å². The van der Waals surface area contributed by atoms with Gasteiger partial charge < -0.3 is 15.0 Å². The first kappa shape index (κ1) is 17.6. The van der Waals surface area contributed by atoms with Crippen molar-refractivity contribution in [2.75, 3.05) is 29.9 Å². The summed E-state index contributed by atoms with van der Waals surface area (Å²) in [6.45, 7) is 4.09. The van der Waals surface area contributed by atoms with Crippen LogP contribution < -0.4 is 15.0 Å². The Hall–Kier alpha value is -2.20. The van der Waals surface area contributed by atoms with Gasteiger partial charge in [0.15, 0.2) is 6.61 Å². The molecular formula is C20H23ClN2O2. The van der Waals surface area contributed by atoms with Gasteiger partial charge in [-0.25, -0.2) is 0 Å². The Kier molecular flexibility index (Phi) is 5.82. The molecule has 0 spiro atoms. The van der Waals surface area contributed by atoms with Crippen molar-refractivity contribution in [2.45, 2.75) is 26.2 Å². The van der Waals surface area contributed by atoms with Crippen molar-refractivity contribution < 1.29 is 9.53 Å². The van der Waals surface area contributed by atoms with Crippen LogP contribution in [0.3, 0.4) is 0 Å². The van der Waals surface area contributed by atoms with Gasteiger partial charge in [-0.3, -0.25) is 4.79 Å². The van der Waals surface area contributed by atoms with Crippen molar-refractivity contribution in [1.82, 2.24) is 0 Å². The second kappa shape index (κ2) is 8.26. The molecule has 2 aromatic carbocycles. The van der Waals surface area contributed by atoms with Crippen LogP contribution in [0.15, 0.2) is 42.5 Å². The minimum Gasteiger partial charge on any atom is -0.483 e. The first-order valence-electron chi connectivity index (χ1n) is 8.65. The van der Waals surface area contributed by atoms with Crippen molar-refractivity contribution in [2.24, 2.45) is 0 Å². The highest BCUT2D eigenvalue weighted by atomic mass is 35.5. The molecule has 4 nitrogen and oxygen atoms in total. The average Bonchev–Trinajstić information content (AvgIpc) is 2.62. The van der Waals surface area contributed by atoms with E-state index in [9.17, 15) is 4.79 Å². The molecule has 1 aliphatic heterocycles. The highest BCUT2D eigenvalue weighted by Gasteiger charge is 2.11. The topological polar surface area (TPSA) is 41.6 Å². The lowest BCUT2D eigenvalue weighted by Gasteiger charge is -2.28. The van der Waals surface area contributed by atoms with Crippen molar-refractivity contribution in [3.8, 4) is 5.75 Å². The molecule has 0 bridgehead atoms. The van der Waals surface area contributed by atoms with Crippen LogP contribution in [0.5, 0.6) is 5.75 Å². The number of carbonyl (C=O) groups excluding carboxylic acids is 1. The quantitative estimate of drug-likeness (QED) is 0.845. The van der Waals surface area contributed by atoms with Crippen molar-refractivity contribution >= 4 is 28.9 Å². The largest absolute Gasteiger partial charge is 0.483 e. The molecule has 1 fully saturated rings. The number of halogens is 1. The van der Waals surface area contributed by atoms with E-state index >= 15 is 0 Å². The van der Waals surface area contributed by atoms with Gasteiger partial charge in [-0.15, -0.1) is 0 Å². The molecule has 1 saturated heterocycles. The van der Waals surface area contributed by atoms with Crippen molar-refractivity contribution in [3.63, 3.8) is 0 Å². The van der Waals surface area contributed by atoms with Gasteiger partial charge in [0, 0.05) is 29.5 Å². The number of hydrogen-bond acceptors (Lipinski definition) is 3. The number of carbonyl (C=O) groups is 1. The monoisotopic (exact) mass is 358 g/mol. The number of amides is 1. The van der Waals surface area contributed by atoms with Crippen LogP contribution in [0.4, 0.5) is 11.4 Å². The third kappa shape index (κ3) is 4.89. The Bertz CT molecular complexity index is 725. The van der Waals surface area contributed by atoms with Crippen LogP contribution in [-0.2, 0) is 4.79 Å². The fraction of sp³-hybridized carbons (Fsp3) is 0.350. The van der Waals surface area contributed by atoms with Crippen LogP contribution in [-0.4, -0.2) is 25.6 Å². The van der Waals surface area contributed by atoms with Crippen LogP contribution in [0, 0.1) is 6.92 Å². The van der Waals surface area contributed by atoms with Crippen LogP contribution in [0.1, 0.15) is 24.8 Å². The van der Waals surface area contributed by atoms with E-state index in [0.717, 1.165) is 24.3 Å². The first-order chi connectivity index (χ1) is 12.1. The van der Waals surface area contributed by atoms with Gasteiger partial charge in [0.05, 0.1) is 0 Å². The Balaban J connectivity index is 1.52. The zero-order valence-electron chi connectivity index (χ0n) is 14.4. The maximum Gasteiger partial charge on any atom is 0.262 e. The number of rotatable bonds is 5. The lowest BCUT2D eigenvalue weighted by molar-refractivity contribution is -0.118. The first-order valence-corrected chi connectivity index (χ1v) is 9.03. The molecule has 2 aromatic rings. The predicted molar refractivity (Wildman–Crippen MR) is 103 cm³/mol. The fourth-order valence-corrected chi connectivity index (χ4v) is 3.25. The highest BCUT2D eigenvalue weighted by molar-refractivity contribution is 6.30. The number of aryl methyl sites for hydroxylation is 1. The zero-order chi connectivity index (χ0) is 17.6. The summed E-state index contributed by atoms with van der Waals surface area (Å²) in [7, 11) is 0. The second-order valence-electron chi connectivity index (χ2n) is 6.34. The average molecular weight is 359 g/mol. The molecule has 25 heavy (non-hydrogen) atoms. The number of hydrogen-bond donors (Lipinski definition) is 1. The van der Waals surface area contributed by atoms with Gasteiger partial charge in [-0.05, 0) is 74.2 Å². The van der Waals surface area contributed by atoms with Crippen LogP contribution >= 0.6 is 11.6 Å². The van der Waals surface area contributed by atoms with Gasteiger partial charge >= 0.3 is 0 Å². The van der Waals surface area contributed by atoms with Gasteiger partial charge in [0.25, 0.3) is 5.91 Å². The SMILES string of the molecule is Cc1cc(Cl)ccc1OCC(=O)Nc1ccc(N2CCCCC2)cc1. The number of benzene rings is 2. The fourth-order valence-electron chi connectivity index (χ4n) is 3.02. The summed E-state index contributed by atoms with van der Waals surface area (Å²) < 4.78 is 5.57. The molecule has 1 aliphatic rings. The number of anilines is 2. The Morgan fingerprint density at radius 1 is 1.12 bits per heavy atom. The Morgan fingerprint density at radius 3 is 2.52 bits per heavy atom. The lowest BCUT2D eigenvalue weighted by atomic mass is 10.1. The zero-order valence-corrected chi connectivity index (χ0v) is 15.2. The smallest absolute Gasteiger partial charge is 0.262 e. The molecule has 0 radical (unpaired) electrons. The Morgan fingerprint density at radius 2 is 1.84 bits per heavy atom. The number of piperidine rings is 1. The summed E-state index contributed by atoms with van der Waals surface area (Å²) in [4.78, 5) is 14.5. The normalized spacial score (nSPS) is 14.2. The molecule has 1 heterocycles. The summed E-state index contributed by atoms with van der Waals surface area (Å²) in [5, 5.41) is 3.52. The Labute approximate surface area is 153 Å². The molecule has 5 heteroatoms. The standard InChI is InChI=1S/C20H23ClN2O2/c1-15-13-16(21)5-10-19(15)25-14-20(24)22-17-6-8-18(9-7-17)23-11-3-2-4-12-23/h5-10,13H,2-4,11-12,14H2,1H3,(H,22,24). The molecule has 132 valence electrons. The summed E-state index contributed by atoms with van der Waals surface area (Å²) in [5.74, 6) is 0.486. The molecular weight excluding hydrogens is 336 g/mol. The predicted octanol–water partition coefficient (Wildman–Crippen LogP) is 4.66. The number of nitrogens with one attached hydrogen (secondary N) is 1. The third-order valence-electron chi connectivity index (χ3n) is 4.37. The number of nitrogens with zero attached hydrogens (tertiary/aromatic N) is 1. The van der Waals surface area contributed by atoms with Gasteiger partial charge in [0.2, 0.25) is 0 Å². The third-order valence-corrected chi connectivity index (χ3v) is 4.60. The molecule has 0 saturated carbocycles. The van der Waals surface area contributed by atoms with E-state index in [-0.39, 0.29) is 12.5 Å². The maximum absolute atomic E-state index is 12.1. The number of ether oxygens (including phenoxy) is 1. The van der Waals surface area contributed by atoms with Crippen molar-refractivity contribution in [3.05, 3.63) is 53.1 Å². The molecule has 0 aromatic heterocycles. The summed E-state index contributed by atoms with van der Waals surface area (Å²) in [6.07, 6.45) is 3.82. The summed E-state index contributed by atoms with van der Waals surface area (Å²) in [5.41, 5.74) is 2.90. The van der Waals surface area contributed by atoms with E-state index in [0.29, 0.717) is 10.8 Å². The minimum atomic E-state index is -0.180. The van der Waals surface area contributed by atoms with E-state index in [4.69, 9.17) is 16.3 Å².